The quantitative estimate of drug-likeness (QED) is 0.805. The van der Waals surface area contributed by atoms with Gasteiger partial charge in [-0.15, -0.1) is 0 Å². The number of likely N-dealkylation sites (tertiary alicyclic amines) is 1. The van der Waals surface area contributed by atoms with Crippen molar-refractivity contribution in [3.63, 3.8) is 0 Å². The van der Waals surface area contributed by atoms with Crippen LogP contribution in [-0.4, -0.2) is 61.0 Å². The van der Waals surface area contributed by atoms with E-state index in [9.17, 15) is 4.79 Å². The van der Waals surface area contributed by atoms with Crippen molar-refractivity contribution in [1.29, 1.82) is 0 Å². The molecule has 18 heavy (non-hydrogen) atoms. The number of hydrogen-bond acceptors (Lipinski definition) is 3. The van der Waals surface area contributed by atoms with Gasteiger partial charge in [-0.3, -0.25) is 9.69 Å². The lowest BCUT2D eigenvalue weighted by Crippen LogP contribution is -2.53. The van der Waals surface area contributed by atoms with Gasteiger partial charge in [-0.2, -0.15) is 0 Å². The maximum absolute atomic E-state index is 12.2. The van der Waals surface area contributed by atoms with Crippen LogP contribution in [0.15, 0.2) is 0 Å². The molecule has 0 spiro atoms. The van der Waals surface area contributed by atoms with Gasteiger partial charge in [0.15, 0.2) is 0 Å². The smallest absolute Gasteiger partial charge is 0.236 e. The number of amides is 1. The molecule has 1 aliphatic heterocycles. The zero-order chi connectivity index (χ0) is 13.7. The van der Waals surface area contributed by atoms with E-state index in [0.29, 0.717) is 18.6 Å². The Morgan fingerprint density at radius 1 is 1.39 bits per heavy atom. The largest absolute Gasteiger partial charge is 0.342 e. The van der Waals surface area contributed by atoms with Crippen LogP contribution in [0.3, 0.4) is 0 Å². The first-order valence-corrected chi connectivity index (χ1v) is 7.14. The van der Waals surface area contributed by atoms with E-state index in [-0.39, 0.29) is 11.9 Å². The summed E-state index contributed by atoms with van der Waals surface area (Å²) in [7, 11) is 3.90. The summed E-state index contributed by atoms with van der Waals surface area (Å²) >= 11 is 0. The van der Waals surface area contributed by atoms with Gasteiger partial charge in [0.25, 0.3) is 0 Å². The number of likely N-dealkylation sites (N-methyl/N-ethyl adjacent to an activating group) is 2. The van der Waals surface area contributed by atoms with E-state index in [4.69, 9.17) is 0 Å². The van der Waals surface area contributed by atoms with E-state index in [1.54, 1.807) is 0 Å². The molecule has 0 aromatic carbocycles. The van der Waals surface area contributed by atoms with Crippen molar-refractivity contribution in [2.24, 2.45) is 0 Å². The van der Waals surface area contributed by atoms with Crippen molar-refractivity contribution in [3.05, 3.63) is 0 Å². The molecule has 0 saturated carbocycles. The molecule has 4 heteroatoms. The predicted octanol–water partition coefficient (Wildman–Crippen LogP) is 1.32. The van der Waals surface area contributed by atoms with Gasteiger partial charge in [0.1, 0.15) is 0 Å². The molecule has 0 radical (unpaired) electrons. The van der Waals surface area contributed by atoms with E-state index in [1.807, 2.05) is 19.0 Å². The summed E-state index contributed by atoms with van der Waals surface area (Å²) in [5.41, 5.74) is 0. The maximum atomic E-state index is 12.2. The summed E-state index contributed by atoms with van der Waals surface area (Å²) in [6.07, 6.45) is 3.69. The molecule has 1 rings (SSSR count). The van der Waals surface area contributed by atoms with Crippen LogP contribution in [0.25, 0.3) is 0 Å². The molecule has 0 aromatic rings. The number of rotatable bonds is 5. The van der Waals surface area contributed by atoms with Gasteiger partial charge in [-0.05, 0) is 47.2 Å². The first kappa shape index (κ1) is 15.4. The lowest BCUT2D eigenvalue weighted by Gasteiger charge is -2.39. The Labute approximate surface area is 112 Å². The Morgan fingerprint density at radius 3 is 2.61 bits per heavy atom. The second-order valence-electron chi connectivity index (χ2n) is 5.71. The molecule has 1 fully saturated rings. The molecule has 2 atom stereocenters. The summed E-state index contributed by atoms with van der Waals surface area (Å²) in [6, 6.07) is 1.22. The maximum Gasteiger partial charge on any atom is 0.236 e. The summed E-state index contributed by atoms with van der Waals surface area (Å²) in [5, 5.41) is 3.32. The molecule has 1 aliphatic rings. The molecule has 0 aliphatic carbocycles. The second kappa shape index (κ2) is 7.10. The number of carbonyl (C=O) groups is 1. The Bertz CT molecular complexity index is 268. The second-order valence-corrected chi connectivity index (χ2v) is 5.71. The van der Waals surface area contributed by atoms with Crippen LogP contribution in [-0.2, 0) is 4.79 Å². The monoisotopic (exact) mass is 255 g/mol. The fraction of sp³-hybridized carbons (Fsp3) is 0.929. The van der Waals surface area contributed by atoms with E-state index in [0.717, 1.165) is 6.54 Å². The van der Waals surface area contributed by atoms with Crippen LogP contribution < -0.4 is 5.32 Å². The zero-order valence-electron chi connectivity index (χ0n) is 12.6. The highest BCUT2D eigenvalue weighted by Gasteiger charge is 2.28. The number of piperidine rings is 1. The van der Waals surface area contributed by atoms with Gasteiger partial charge in [-0.25, -0.2) is 0 Å². The third kappa shape index (κ3) is 3.95. The molecule has 1 heterocycles. The van der Waals surface area contributed by atoms with Crippen LogP contribution in [0.2, 0.25) is 0 Å². The minimum absolute atomic E-state index is 0.236. The molecular weight excluding hydrogens is 226 g/mol. The first-order valence-electron chi connectivity index (χ1n) is 7.14. The predicted molar refractivity (Wildman–Crippen MR) is 75.6 cm³/mol. The van der Waals surface area contributed by atoms with Crippen molar-refractivity contribution in [3.8, 4) is 0 Å². The van der Waals surface area contributed by atoms with Crippen molar-refractivity contribution < 1.29 is 4.79 Å². The number of nitrogens with one attached hydrogen (secondary N) is 1. The number of hydrogen-bond donors (Lipinski definition) is 1. The number of carbonyl (C=O) groups excluding carboxylic acids is 1. The molecule has 1 saturated heterocycles. The zero-order valence-corrected chi connectivity index (χ0v) is 12.6. The summed E-state index contributed by atoms with van der Waals surface area (Å²) in [6.45, 7) is 7.93. The molecule has 1 amide bonds. The number of nitrogens with zero attached hydrogens (tertiary/aromatic N) is 2. The molecule has 4 nitrogen and oxygen atoms in total. The molecule has 1 N–H and O–H groups in total. The topological polar surface area (TPSA) is 35.6 Å². The van der Waals surface area contributed by atoms with Crippen LogP contribution in [0.5, 0.6) is 0 Å². The summed E-state index contributed by atoms with van der Waals surface area (Å²) in [4.78, 5) is 16.4. The Hall–Kier alpha value is -0.610. The van der Waals surface area contributed by atoms with Gasteiger partial charge >= 0.3 is 0 Å². The standard InChI is InChI=1S/C14H29N3O/c1-11(2)16(5)14(18)10-17-9-7-6-8-13(17)12(3)15-4/h11-13,15H,6-10H2,1-5H3. The average Bonchev–Trinajstić information content (AvgIpc) is 2.37. The Balaban J connectivity index is 2.59. The van der Waals surface area contributed by atoms with E-state index < -0.39 is 0 Å². The average molecular weight is 255 g/mol. The van der Waals surface area contributed by atoms with Crippen molar-refractivity contribution >= 4 is 5.91 Å². The SMILES string of the molecule is CNC(C)C1CCCCN1CC(=O)N(C)C(C)C. The van der Waals surface area contributed by atoms with E-state index in [2.05, 4.69) is 31.0 Å². The molecular formula is C14H29N3O. The minimum atomic E-state index is 0.236. The third-order valence-electron chi connectivity index (χ3n) is 4.20. The van der Waals surface area contributed by atoms with Crippen molar-refractivity contribution in [1.82, 2.24) is 15.1 Å². The van der Waals surface area contributed by atoms with E-state index in [1.165, 1.54) is 19.3 Å². The fourth-order valence-corrected chi connectivity index (χ4v) is 2.54. The summed E-state index contributed by atoms with van der Waals surface area (Å²) < 4.78 is 0. The van der Waals surface area contributed by atoms with Crippen LogP contribution in [0.1, 0.15) is 40.0 Å². The van der Waals surface area contributed by atoms with Crippen LogP contribution in [0.4, 0.5) is 0 Å². The minimum Gasteiger partial charge on any atom is -0.342 e. The first-order chi connectivity index (χ1) is 8.47. The lowest BCUT2D eigenvalue weighted by atomic mass is 9.96. The highest BCUT2D eigenvalue weighted by Crippen LogP contribution is 2.19. The molecule has 2 unspecified atom stereocenters. The van der Waals surface area contributed by atoms with E-state index >= 15 is 0 Å². The van der Waals surface area contributed by atoms with Crippen molar-refractivity contribution in [2.45, 2.75) is 58.2 Å². The Kier molecular flexibility index (Phi) is 6.09. The van der Waals surface area contributed by atoms with Crippen LogP contribution >= 0.6 is 0 Å². The summed E-state index contributed by atoms with van der Waals surface area (Å²) in [5.74, 6) is 0.236. The van der Waals surface area contributed by atoms with Crippen LogP contribution in [0, 0.1) is 0 Å². The van der Waals surface area contributed by atoms with Gasteiger partial charge < -0.3 is 10.2 Å². The Morgan fingerprint density at radius 2 is 2.06 bits per heavy atom. The lowest BCUT2D eigenvalue weighted by molar-refractivity contribution is -0.133. The van der Waals surface area contributed by atoms with Crippen molar-refractivity contribution in [2.75, 3.05) is 27.2 Å². The van der Waals surface area contributed by atoms with Gasteiger partial charge in [0, 0.05) is 25.2 Å². The van der Waals surface area contributed by atoms with Gasteiger partial charge in [0.2, 0.25) is 5.91 Å². The highest BCUT2D eigenvalue weighted by atomic mass is 16.2. The normalized spacial score (nSPS) is 23.1. The molecule has 0 bridgehead atoms. The van der Waals surface area contributed by atoms with Gasteiger partial charge in [-0.1, -0.05) is 6.42 Å². The highest BCUT2D eigenvalue weighted by molar-refractivity contribution is 5.78. The third-order valence-corrected chi connectivity index (χ3v) is 4.20. The fourth-order valence-electron chi connectivity index (χ4n) is 2.54. The van der Waals surface area contributed by atoms with Gasteiger partial charge in [0.05, 0.1) is 6.54 Å². The molecule has 0 aromatic heterocycles. The molecule has 106 valence electrons.